The summed E-state index contributed by atoms with van der Waals surface area (Å²) in [5, 5.41) is 9.50. The fraction of sp³-hybridized carbons (Fsp3) is 0. The lowest BCUT2D eigenvalue weighted by Gasteiger charge is -2.08. The molecule has 5 heteroatoms. The number of hydrogen-bond donors (Lipinski definition) is 2. The lowest BCUT2D eigenvalue weighted by Crippen LogP contribution is -2.18. The van der Waals surface area contributed by atoms with Crippen molar-refractivity contribution in [2.45, 2.75) is 0 Å². The Kier molecular flexibility index (Phi) is 4.56. The number of para-hydroxylation sites is 2. The van der Waals surface area contributed by atoms with E-state index in [1.165, 1.54) is 12.1 Å². The summed E-state index contributed by atoms with van der Waals surface area (Å²) >= 11 is 0. The molecule has 1 heterocycles. The number of carbonyl (C=O) groups excluding carboxylic acids is 1. The highest BCUT2D eigenvalue weighted by Crippen LogP contribution is 2.22. The largest absolute Gasteiger partial charge is 0.508 e. The molecule has 0 atom stereocenters. The van der Waals surface area contributed by atoms with Gasteiger partial charge in [0.25, 0.3) is 5.56 Å². The Morgan fingerprint density at radius 1 is 0.893 bits per heavy atom. The normalized spacial score (nSPS) is 11.5. The number of aromatic hydroxyl groups is 1. The minimum Gasteiger partial charge on any atom is -0.508 e. The molecule has 5 nitrogen and oxygen atoms in total. The number of phenolic OH excluding ortho intramolecular Hbond substituents is 1. The number of nitrogens with one attached hydrogen (secondary N) is 1. The third kappa shape index (κ3) is 3.46. The number of Topliss-reactive ketones (excluding diaryl/α,β-unsaturated/α-hetero) is 1. The van der Waals surface area contributed by atoms with Gasteiger partial charge in [0.2, 0.25) is 0 Å². The molecule has 0 radical (unpaired) electrons. The van der Waals surface area contributed by atoms with E-state index in [1.807, 2.05) is 18.2 Å². The van der Waals surface area contributed by atoms with Gasteiger partial charge >= 0.3 is 0 Å². The maximum absolute atomic E-state index is 13.2. The first-order chi connectivity index (χ1) is 13.6. The van der Waals surface area contributed by atoms with E-state index in [0.717, 1.165) is 0 Å². The van der Waals surface area contributed by atoms with Crippen LogP contribution < -0.4 is 5.56 Å². The molecule has 3 aromatic carbocycles. The zero-order valence-corrected chi connectivity index (χ0v) is 14.8. The van der Waals surface area contributed by atoms with E-state index in [0.29, 0.717) is 22.2 Å². The molecule has 0 aliphatic heterocycles. The van der Waals surface area contributed by atoms with Crippen LogP contribution in [0.3, 0.4) is 0 Å². The minimum atomic E-state index is -0.437. The summed E-state index contributed by atoms with van der Waals surface area (Å²) in [6, 6.07) is 22.3. The van der Waals surface area contributed by atoms with Crippen molar-refractivity contribution in [3.8, 4) is 5.75 Å². The van der Waals surface area contributed by atoms with Crippen molar-refractivity contribution in [3.63, 3.8) is 0 Å². The van der Waals surface area contributed by atoms with Crippen LogP contribution in [0.5, 0.6) is 5.75 Å². The van der Waals surface area contributed by atoms with Crippen molar-refractivity contribution in [1.29, 1.82) is 0 Å². The Bertz CT molecular complexity index is 1240. The van der Waals surface area contributed by atoms with E-state index < -0.39 is 5.56 Å². The summed E-state index contributed by atoms with van der Waals surface area (Å²) in [5.74, 6) is -0.184. The van der Waals surface area contributed by atoms with Crippen LogP contribution in [-0.4, -0.2) is 20.9 Å². The molecular formula is C23H16N2O3. The molecule has 0 saturated heterocycles. The number of rotatable bonds is 4. The number of hydrogen-bond acceptors (Lipinski definition) is 4. The van der Waals surface area contributed by atoms with E-state index in [-0.39, 0.29) is 22.8 Å². The van der Waals surface area contributed by atoms with Gasteiger partial charge in [-0.1, -0.05) is 54.6 Å². The second-order valence-corrected chi connectivity index (χ2v) is 6.28. The summed E-state index contributed by atoms with van der Waals surface area (Å²) in [6.45, 7) is 0. The van der Waals surface area contributed by atoms with E-state index >= 15 is 0 Å². The highest BCUT2D eigenvalue weighted by molar-refractivity contribution is 6.32. The van der Waals surface area contributed by atoms with Gasteiger partial charge in [-0.15, -0.1) is 0 Å². The standard InChI is InChI=1S/C23H16N2O3/c26-17-12-10-15(11-13-17)14-18(22(27)16-6-2-1-3-7-16)21-23(28)25-20-9-5-4-8-19(20)24-21/h1-14,26H,(H,25,28). The first kappa shape index (κ1) is 17.4. The molecule has 0 amide bonds. The van der Waals surface area contributed by atoms with Crippen molar-refractivity contribution < 1.29 is 9.90 Å². The number of benzene rings is 3. The average Bonchev–Trinajstić information content (AvgIpc) is 2.73. The van der Waals surface area contributed by atoms with Gasteiger partial charge in [-0.3, -0.25) is 9.59 Å². The molecule has 1 aromatic heterocycles. The number of aromatic amines is 1. The number of phenols is 1. The van der Waals surface area contributed by atoms with Gasteiger partial charge < -0.3 is 10.1 Å². The van der Waals surface area contributed by atoms with Gasteiger partial charge in [-0.05, 0) is 35.9 Å². The van der Waals surface area contributed by atoms with Crippen molar-refractivity contribution >= 4 is 28.5 Å². The fourth-order valence-corrected chi connectivity index (χ4v) is 2.94. The molecule has 28 heavy (non-hydrogen) atoms. The Morgan fingerprint density at radius 2 is 1.57 bits per heavy atom. The molecule has 0 unspecified atom stereocenters. The van der Waals surface area contributed by atoms with Gasteiger partial charge in [0.05, 0.1) is 16.6 Å². The quantitative estimate of drug-likeness (QED) is 0.420. The number of fused-ring (bicyclic) bond motifs is 1. The van der Waals surface area contributed by atoms with Crippen LogP contribution in [-0.2, 0) is 0 Å². The van der Waals surface area contributed by atoms with E-state index in [4.69, 9.17) is 0 Å². The predicted molar refractivity (Wildman–Crippen MR) is 109 cm³/mol. The summed E-state index contributed by atoms with van der Waals surface area (Å²) < 4.78 is 0. The summed E-state index contributed by atoms with van der Waals surface area (Å²) in [7, 11) is 0. The van der Waals surface area contributed by atoms with Gasteiger partial charge in [0, 0.05) is 5.56 Å². The number of ketones is 1. The van der Waals surface area contributed by atoms with E-state index in [9.17, 15) is 14.7 Å². The predicted octanol–water partition coefficient (Wildman–Crippen LogP) is 4.05. The first-order valence-electron chi connectivity index (χ1n) is 8.72. The Labute approximate surface area is 160 Å². The van der Waals surface area contributed by atoms with Crippen molar-refractivity contribution in [3.05, 3.63) is 106 Å². The highest BCUT2D eigenvalue weighted by atomic mass is 16.3. The van der Waals surface area contributed by atoms with Crippen LogP contribution in [0.15, 0.2) is 83.7 Å². The van der Waals surface area contributed by atoms with Gasteiger partial charge in [0.15, 0.2) is 5.78 Å². The van der Waals surface area contributed by atoms with Crippen LogP contribution in [0.1, 0.15) is 21.6 Å². The third-order valence-electron chi connectivity index (χ3n) is 4.34. The Morgan fingerprint density at radius 3 is 2.32 bits per heavy atom. The monoisotopic (exact) mass is 368 g/mol. The van der Waals surface area contributed by atoms with Crippen molar-refractivity contribution in [2.24, 2.45) is 0 Å². The molecule has 0 aliphatic rings. The number of carbonyl (C=O) groups is 1. The zero-order valence-electron chi connectivity index (χ0n) is 14.8. The molecule has 0 fully saturated rings. The molecule has 0 bridgehead atoms. The number of H-pyrrole nitrogens is 1. The van der Waals surface area contributed by atoms with E-state index in [2.05, 4.69) is 9.97 Å². The maximum Gasteiger partial charge on any atom is 0.275 e. The molecule has 4 aromatic rings. The second kappa shape index (κ2) is 7.32. The first-order valence-corrected chi connectivity index (χ1v) is 8.72. The molecule has 0 spiro atoms. The van der Waals surface area contributed by atoms with Crippen molar-refractivity contribution in [1.82, 2.24) is 9.97 Å². The Hall–Kier alpha value is -3.99. The highest BCUT2D eigenvalue weighted by Gasteiger charge is 2.19. The summed E-state index contributed by atoms with van der Waals surface area (Å²) in [6.07, 6.45) is 1.61. The average molecular weight is 368 g/mol. The topological polar surface area (TPSA) is 83.0 Å². The lowest BCUT2D eigenvalue weighted by molar-refractivity contribution is 0.105. The van der Waals surface area contributed by atoms with Gasteiger partial charge in [-0.2, -0.15) is 0 Å². The van der Waals surface area contributed by atoms with Gasteiger partial charge in [-0.25, -0.2) is 4.98 Å². The van der Waals surface area contributed by atoms with Gasteiger partial charge in [0.1, 0.15) is 11.4 Å². The fourth-order valence-electron chi connectivity index (χ4n) is 2.94. The second-order valence-electron chi connectivity index (χ2n) is 6.28. The smallest absolute Gasteiger partial charge is 0.275 e. The molecular weight excluding hydrogens is 352 g/mol. The zero-order chi connectivity index (χ0) is 19.5. The SMILES string of the molecule is O=C(C(=Cc1ccc(O)cc1)c1nc2ccccc2[nH]c1=O)c1ccccc1. The maximum atomic E-state index is 13.2. The summed E-state index contributed by atoms with van der Waals surface area (Å²) in [4.78, 5) is 33.1. The van der Waals surface area contributed by atoms with Crippen LogP contribution >= 0.6 is 0 Å². The minimum absolute atomic E-state index is 0.0561. The lowest BCUT2D eigenvalue weighted by atomic mass is 9.98. The molecule has 4 rings (SSSR count). The Balaban J connectivity index is 1.93. The number of aromatic nitrogens is 2. The van der Waals surface area contributed by atoms with Crippen LogP contribution in [0.25, 0.3) is 22.7 Å². The summed E-state index contributed by atoms with van der Waals surface area (Å²) in [5.41, 5.74) is 2.13. The van der Waals surface area contributed by atoms with Crippen LogP contribution in [0, 0.1) is 0 Å². The van der Waals surface area contributed by atoms with Crippen LogP contribution in [0.4, 0.5) is 0 Å². The molecule has 0 aliphatic carbocycles. The molecule has 136 valence electrons. The number of nitrogens with zero attached hydrogens (tertiary/aromatic N) is 1. The van der Waals surface area contributed by atoms with Crippen molar-refractivity contribution in [2.75, 3.05) is 0 Å². The molecule has 0 saturated carbocycles. The molecule has 2 N–H and O–H groups in total. The number of allylic oxidation sites excluding steroid dienone is 1. The van der Waals surface area contributed by atoms with E-state index in [1.54, 1.807) is 54.6 Å². The van der Waals surface area contributed by atoms with Crippen LogP contribution in [0.2, 0.25) is 0 Å². The third-order valence-corrected chi connectivity index (χ3v) is 4.34.